The molecule has 2 rings (SSSR count). The molecule has 3 nitrogen and oxygen atoms in total. The zero-order chi connectivity index (χ0) is 17.9. The van der Waals surface area contributed by atoms with Gasteiger partial charge in [0, 0.05) is 0 Å². The topological polar surface area (TPSA) is 35.5 Å². The quantitative estimate of drug-likeness (QED) is 0.582. The molecule has 0 aliphatic rings. The first-order valence-electron chi connectivity index (χ1n) is 8.31. The Bertz CT molecular complexity index is 708. The van der Waals surface area contributed by atoms with Crippen LogP contribution in [0.4, 0.5) is 0 Å². The van der Waals surface area contributed by atoms with Crippen LogP contribution in [0.2, 0.25) is 0 Å². The Morgan fingerprint density at radius 1 is 0.833 bits per heavy atom. The minimum atomic E-state index is -3.30. The Balaban J connectivity index is 2.33. The largest absolute Gasteiger partial charge is 0.430 e. The van der Waals surface area contributed by atoms with Crippen LogP contribution in [0.3, 0.4) is 0 Å². The average molecular weight is 346 g/mol. The third kappa shape index (κ3) is 4.88. The van der Waals surface area contributed by atoms with Crippen molar-refractivity contribution in [3.8, 4) is 11.5 Å². The molecular weight excluding hydrogens is 319 g/mol. The molecule has 0 saturated carbocycles. The van der Waals surface area contributed by atoms with Crippen LogP contribution in [0.25, 0.3) is 0 Å². The summed E-state index contributed by atoms with van der Waals surface area (Å²) in [6.07, 6.45) is 0.369. The molecule has 0 heterocycles. The van der Waals surface area contributed by atoms with E-state index in [1.165, 1.54) is 0 Å². The van der Waals surface area contributed by atoms with Crippen molar-refractivity contribution >= 4 is 7.60 Å². The van der Waals surface area contributed by atoms with E-state index in [9.17, 15) is 4.57 Å². The maximum Gasteiger partial charge on any atom is 0.430 e. The van der Waals surface area contributed by atoms with Crippen molar-refractivity contribution in [3.63, 3.8) is 0 Å². The fourth-order valence-corrected chi connectivity index (χ4v) is 4.73. The van der Waals surface area contributed by atoms with Gasteiger partial charge in [-0.25, -0.2) is 4.57 Å². The number of benzene rings is 2. The predicted molar refractivity (Wildman–Crippen MR) is 100 cm³/mol. The van der Waals surface area contributed by atoms with Gasteiger partial charge in [0.15, 0.2) is 0 Å². The SMILES string of the molecule is Cc1ccc(OP(=O)(CC(C)C)Oc2ccc(C)cc2C)c(C)c1. The van der Waals surface area contributed by atoms with Crippen molar-refractivity contribution in [2.45, 2.75) is 41.5 Å². The van der Waals surface area contributed by atoms with Crippen LogP contribution >= 0.6 is 7.60 Å². The summed E-state index contributed by atoms with van der Waals surface area (Å²) in [5.74, 6) is 1.44. The molecule has 2 aromatic rings. The molecule has 2 aromatic carbocycles. The van der Waals surface area contributed by atoms with E-state index in [-0.39, 0.29) is 5.92 Å². The third-order valence-corrected chi connectivity index (χ3v) is 5.85. The second-order valence-electron chi connectivity index (χ2n) is 6.91. The second-order valence-corrected chi connectivity index (χ2v) is 8.86. The van der Waals surface area contributed by atoms with Crippen molar-refractivity contribution in [1.29, 1.82) is 0 Å². The van der Waals surface area contributed by atoms with E-state index in [1.807, 2.05) is 77.9 Å². The Hall–Kier alpha value is -1.73. The van der Waals surface area contributed by atoms with Gasteiger partial charge in [-0.15, -0.1) is 0 Å². The zero-order valence-corrected chi connectivity index (χ0v) is 16.3. The van der Waals surface area contributed by atoms with Gasteiger partial charge in [-0.05, 0) is 56.9 Å². The van der Waals surface area contributed by atoms with Crippen LogP contribution in [-0.4, -0.2) is 6.16 Å². The highest BCUT2D eigenvalue weighted by molar-refractivity contribution is 7.54. The molecular formula is C20H27O3P. The molecule has 0 amide bonds. The van der Waals surface area contributed by atoms with E-state index >= 15 is 0 Å². The molecule has 0 N–H and O–H groups in total. The van der Waals surface area contributed by atoms with Crippen molar-refractivity contribution in [2.24, 2.45) is 5.92 Å². The fourth-order valence-electron chi connectivity index (χ4n) is 2.64. The van der Waals surface area contributed by atoms with Crippen LogP contribution in [0.5, 0.6) is 11.5 Å². The van der Waals surface area contributed by atoms with Crippen LogP contribution < -0.4 is 9.05 Å². The van der Waals surface area contributed by atoms with Gasteiger partial charge in [0.2, 0.25) is 0 Å². The second kappa shape index (κ2) is 7.44. The zero-order valence-electron chi connectivity index (χ0n) is 15.4. The van der Waals surface area contributed by atoms with Gasteiger partial charge in [0.25, 0.3) is 0 Å². The summed E-state index contributed by atoms with van der Waals surface area (Å²) in [5.41, 5.74) is 4.22. The van der Waals surface area contributed by atoms with Crippen molar-refractivity contribution < 1.29 is 13.6 Å². The van der Waals surface area contributed by atoms with Crippen molar-refractivity contribution in [3.05, 3.63) is 58.7 Å². The molecule has 4 heteroatoms. The molecule has 0 bridgehead atoms. The van der Waals surface area contributed by atoms with E-state index in [0.29, 0.717) is 17.7 Å². The standard InChI is InChI=1S/C20H27O3P/c1-14(2)13-24(21,22-19-9-7-15(3)11-17(19)5)23-20-10-8-16(4)12-18(20)6/h7-12,14H,13H2,1-6H3. The highest BCUT2D eigenvalue weighted by atomic mass is 31.2. The lowest BCUT2D eigenvalue weighted by atomic mass is 10.1. The monoisotopic (exact) mass is 346 g/mol. The van der Waals surface area contributed by atoms with Gasteiger partial charge in [0.1, 0.15) is 11.5 Å². The van der Waals surface area contributed by atoms with E-state index in [0.717, 1.165) is 22.3 Å². The minimum absolute atomic E-state index is 0.201. The molecule has 0 unspecified atom stereocenters. The van der Waals surface area contributed by atoms with Crippen LogP contribution in [0.1, 0.15) is 36.1 Å². The lowest BCUT2D eigenvalue weighted by Crippen LogP contribution is -2.10. The number of rotatable bonds is 6. The Morgan fingerprint density at radius 2 is 1.25 bits per heavy atom. The molecule has 24 heavy (non-hydrogen) atoms. The van der Waals surface area contributed by atoms with Crippen LogP contribution in [0, 0.1) is 33.6 Å². The van der Waals surface area contributed by atoms with E-state index < -0.39 is 7.60 Å². The lowest BCUT2D eigenvalue weighted by molar-refractivity contribution is 0.377. The average Bonchev–Trinajstić information content (AvgIpc) is 2.44. The van der Waals surface area contributed by atoms with Gasteiger partial charge in [-0.2, -0.15) is 0 Å². The summed E-state index contributed by atoms with van der Waals surface area (Å²) in [4.78, 5) is 0. The van der Waals surface area contributed by atoms with Gasteiger partial charge >= 0.3 is 7.60 Å². The number of hydrogen-bond donors (Lipinski definition) is 0. The smallest absolute Gasteiger partial charge is 0.416 e. The van der Waals surface area contributed by atoms with Crippen molar-refractivity contribution in [1.82, 2.24) is 0 Å². The van der Waals surface area contributed by atoms with Gasteiger partial charge in [-0.1, -0.05) is 49.2 Å². The molecule has 0 radical (unpaired) electrons. The maximum atomic E-state index is 13.4. The first-order chi connectivity index (χ1) is 11.2. The number of aryl methyl sites for hydroxylation is 4. The third-order valence-electron chi connectivity index (χ3n) is 3.72. The van der Waals surface area contributed by atoms with Gasteiger partial charge < -0.3 is 9.05 Å². The summed E-state index contributed by atoms with van der Waals surface area (Å²) in [6.45, 7) is 12.0. The van der Waals surface area contributed by atoms with Crippen LogP contribution in [0.15, 0.2) is 36.4 Å². The summed E-state index contributed by atoms with van der Waals surface area (Å²) in [5, 5.41) is 0. The predicted octanol–water partition coefficient (Wildman–Crippen LogP) is 6.23. The molecule has 0 spiro atoms. The van der Waals surface area contributed by atoms with Gasteiger partial charge in [0.05, 0.1) is 6.16 Å². The van der Waals surface area contributed by atoms with E-state index in [1.54, 1.807) is 0 Å². The highest BCUT2D eigenvalue weighted by Gasteiger charge is 2.30. The number of hydrogen-bond acceptors (Lipinski definition) is 3. The van der Waals surface area contributed by atoms with E-state index in [2.05, 4.69) is 0 Å². The molecule has 0 aliphatic carbocycles. The van der Waals surface area contributed by atoms with Crippen LogP contribution in [-0.2, 0) is 4.57 Å². The van der Waals surface area contributed by atoms with Crippen molar-refractivity contribution in [2.75, 3.05) is 6.16 Å². The summed E-state index contributed by atoms with van der Waals surface area (Å²) in [7, 11) is -3.30. The Labute approximate surface area is 145 Å². The summed E-state index contributed by atoms with van der Waals surface area (Å²) >= 11 is 0. The Morgan fingerprint density at radius 3 is 1.58 bits per heavy atom. The Kier molecular flexibility index (Phi) is 5.77. The molecule has 0 fully saturated rings. The van der Waals surface area contributed by atoms with E-state index in [4.69, 9.17) is 9.05 Å². The molecule has 0 aliphatic heterocycles. The first-order valence-corrected chi connectivity index (χ1v) is 10.0. The minimum Gasteiger partial charge on any atom is -0.416 e. The molecule has 0 aromatic heterocycles. The molecule has 0 saturated heterocycles. The summed E-state index contributed by atoms with van der Waals surface area (Å²) < 4.78 is 25.2. The normalized spacial score (nSPS) is 11.6. The highest BCUT2D eigenvalue weighted by Crippen LogP contribution is 2.51. The van der Waals surface area contributed by atoms with Gasteiger partial charge in [-0.3, -0.25) is 0 Å². The fraction of sp³-hybridized carbons (Fsp3) is 0.400. The lowest BCUT2D eigenvalue weighted by Gasteiger charge is -2.23. The molecule has 0 atom stereocenters. The first kappa shape index (κ1) is 18.6. The summed E-state index contributed by atoms with van der Waals surface area (Å²) in [6, 6.07) is 11.7. The maximum absolute atomic E-state index is 13.4. The molecule has 130 valence electrons.